The molecule has 0 saturated heterocycles. The van der Waals surface area contributed by atoms with Crippen molar-refractivity contribution in [1.29, 1.82) is 0 Å². The van der Waals surface area contributed by atoms with Gasteiger partial charge in [0.25, 0.3) is 0 Å². The fraction of sp³-hybridized carbons (Fsp3) is 0. The van der Waals surface area contributed by atoms with Crippen LogP contribution in [0.15, 0.2) is 91.0 Å². The quantitative estimate of drug-likeness (QED) is 0.477. The molecule has 3 aromatic carbocycles. The van der Waals surface area contributed by atoms with E-state index in [-0.39, 0.29) is 0 Å². The zero-order valence-electron chi connectivity index (χ0n) is 11.0. The second-order valence-corrected chi connectivity index (χ2v) is 12.1. The second-order valence-electron chi connectivity index (χ2n) is 4.62. The summed E-state index contributed by atoms with van der Waals surface area (Å²) in [6.45, 7) is 0. The van der Waals surface area contributed by atoms with Gasteiger partial charge in [-0.05, 0) is 0 Å². The van der Waals surface area contributed by atoms with Crippen LogP contribution in [0.3, 0.4) is 0 Å². The molecule has 0 unspecified atom stereocenters. The molecule has 1 radical (unpaired) electrons. The van der Waals surface area contributed by atoms with Crippen LogP contribution in [0.5, 0.6) is 0 Å². The molecule has 3 rings (SSSR count). The van der Waals surface area contributed by atoms with E-state index >= 15 is 0 Å². The van der Waals surface area contributed by atoms with Crippen molar-refractivity contribution in [3.05, 3.63) is 91.0 Å². The minimum absolute atomic E-state index is 1.43. The molecule has 0 aliphatic rings. The molecule has 0 fully saturated rings. The van der Waals surface area contributed by atoms with Gasteiger partial charge in [-0.15, -0.1) is 0 Å². The predicted molar refractivity (Wildman–Crippen MR) is 90.9 cm³/mol. The molecule has 0 spiro atoms. The van der Waals surface area contributed by atoms with Crippen molar-refractivity contribution in [1.82, 2.24) is 0 Å². The first-order valence-corrected chi connectivity index (χ1v) is 11.4. The summed E-state index contributed by atoms with van der Waals surface area (Å²) in [5, 5.41) is 4.30. The van der Waals surface area contributed by atoms with Crippen LogP contribution in [0, 0.1) is 0 Å². The van der Waals surface area contributed by atoms with Gasteiger partial charge in [0.05, 0.1) is 0 Å². The van der Waals surface area contributed by atoms with Gasteiger partial charge in [-0.25, -0.2) is 0 Å². The molecule has 0 nitrogen and oxygen atoms in total. The molecule has 0 atom stereocenters. The van der Waals surface area contributed by atoms with Crippen molar-refractivity contribution < 1.29 is 0 Å². The third kappa shape index (κ3) is 2.55. The van der Waals surface area contributed by atoms with Crippen molar-refractivity contribution in [2.45, 2.75) is 0 Å². The van der Waals surface area contributed by atoms with Gasteiger partial charge < -0.3 is 0 Å². The van der Waals surface area contributed by atoms with Gasteiger partial charge in [0.2, 0.25) is 0 Å². The third-order valence-corrected chi connectivity index (χ3v) is 11.9. The maximum atomic E-state index is 2.32. The second kappa shape index (κ2) is 6.11. The van der Waals surface area contributed by atoms with E-state index in [4.69, 9.17) is 0 Å². The topological polar surface area (TPSA) is 0 Å². The van der Waals surface area contributed by atoms with Gasteiger partial charge in [-0.3, -0.25) is 0 Å². The summed E-state index contributed by atoms with van der Waals surface area (Å²) in [6, 6.07) is 32.7. The van der Waals surface area contributed by atoms with Crippen molar-refractivity contribution in [3.63, 3.8) is 0 Å². The van der Waals surface area contributed by atoms with Crippen LogP contribution >= 0.6 is 4.95 Å². The van der Waals surface area contributed by atoms with E-state index in [0.29, 0.717) is 0 Å². The normalized spacial score (nSPS) is 11.2. The van der Waals surface area contributed by atoms with E-state index in [9.17, 15) is 0 Å². The van der Waals surface area contributed by atoms with Gasteiger partial charge in [-0.1, -0.05) is 0 Å². The van der Waals surface area contributed by atoms with Crippen molar-refractivity contribution in [3.8, 4) is 0 Å². The fourth-order valence-electron chi connectivity index (χ4n) is 2.36. The summed E-state index contributed by atoms with van der Waals surface area (Å²) < 4.78 is 0. The van der Waals surface area contributed by atoms with Gasteiger partial charge in [-0.2, -0.15) is 0 Å². The molecular formula is C18H15PTe+. The first-order valence-electron chi connectivity index (χ1n) is 6.59. The average Bonchev–Trinajstić information content (AvgIpc) is 2.56. The molecule has 20 heavy (non-hydrogen) atoms. The summed E-state index contributed by atoms with van der Waals surface area (Å²) >= 11 is 2.32. The van der Waals surface area contributed by atoms with Gasteiger partial charge in [0.15, 0.2) is 0 Å². The van der Waals surface area contributed by atoms with Crippen molar-refractivity contribution in [2.75, 3.05) is 0 Å². The van der Waals surface area contributed by atoms with E-state index in [0.717, 1.165) is 0 Å². The van der Waals surface area contributed by atoms with Crippen LogP contribution in [-0.2, 0) is 0 Å². The predicted octanol–water partition coefficient (Wildman–Crippen LogP) is 3.06. The maximum absolute atomic E-state index is 2.32. The van der Waals surface area contributed by atoms with Gasteiger partial charge >= 0.3 is 134 Å². The van der Waals surface area contributed by atoms with Crippen LogP contribution < -0.4 is 15.9 Å². The van der Waals surface area contributed by atoms with Crippen LogP contribution in [-0.4, -0.2) is 21.7 Å². The summed E-state index contributed by atoms with van der Waals surface area (Å²) in [7, 11) is 0. The molecule has 0 aromatic heterocycles. The first kappa shape index (κ1) is 13.8. The molecule has 0 amide bonds. The Morgan fingerprint density at radius 2 is 0.700 bits per heavy atom. The van der Waals surface area contributed by atoms with Crippen molar-refractivity contribution >= 4 is 42.6 Å². The zero-order valence-corrected chi connectivity index (χ0v) is 14.2. The number of rotatable bonds is 3. The molecule has 0 saturated carbocycles. The Kier molecular flexibility index (Phi) is 4.23. The molecular weight excluding hydrogens is 375 g/mol. The molecule has 97 valence electrons. The summed E-state index contributed by atoms with van der Waals surface area (Å²) in [5.41, 5.74) is 0. The van der Waals surface area contributed by atoms with Gasteiger partial charge in [0.1, 0.15) is 0 Å². The summed E-state index contributed by atoms with van der Waals surface area (Å²) in [5.74, 6) is 0. The molecule has 3 aromatic rings. The summed E-state index contributed by atoms with van der Waals surface area (Å²) in [4.78, 5) is -1.52. The van der Waals surface area contributed by atoms with E-state index < -0.39 is 4.95 Å². The van der Waals surface area contributed by atoms with E-state index in [1.807, 2.05) is 0 Å². The third-order valence-electron chi connectivity index (χ3n) is 3.36. The summed E-state index contributed by atoms with van der Waals surface area (Å²) in [6.07, 6.45) is 0. The van der Waals surface area contributed by atoms with E-state index in [1.54, 1.807) is 0 Å². The van der Waals surface area contributed by atoms with Crippen LogP contribution in [0.1, 0.15) is 0 Å². The number of benzene rings is 3. The molecule has 0 N–H and O–H groups in total. The average molecular weight is 390 g/mol. The minimum atomic E-state index is -1.52. The molecule has 0 heterocycles. The Bertz CT molecular complexity index is 569. The molecule has 0 bridgehead atoms. The Hall–Kier alpha value is -1.12. The molecule has 0 aliphatic carbocycles. The molecule has 2 heteroatoms. The fourth-order valence-corrected chi connectivity index (χ4v) is 8.16. The monoisotopic (exact) mass is 392 g/mol. The van der Waals surface area contributed by atoms with Gasteiger partial charge in [0, 0.05) is 0 Å². The Morgan fingerprint density at radius 1 is 0.450 bits per heavy atom. The number of hydrogen-bond acceptors (Lipinski definition) is 0. The Balaban J connectivity index is 2.24. The van der Waals surface area contributed by atoms with Crippen LogP contribution in [0.4, 0.5) is 0 Å². The van der Waals surface area contributed by atoms with Crippen molar-refractivity contribution in [2.24, 2.45) is 0 Å². The van der Waals surface area contributed by atoms with Crippen LogP contribution in [0.25, 0.3) is 0 Å². The molecule has 0 aliphatic heterocycles. The number of hydrogen-bond donors (Lipinski definition) is 0. The Labute approximate surface area is 133 Å². The SMILES string of the molecule is [Te][P+](c1ccccc1)(c1ccccc1)c1ccccc1. The zero-order chi connectivity index (χ0) is 13.8. The van der Waals surface area contributed by atoms with Crippen LogP contribution in [0.2, 0.25) is 0 Å². The van der Waals surface area contributed by atoms with E-state index in [1.165, 1.54) is 15.9 Å². The standard InChI is InChI=1S/C18H15PTe/c20-19(16-10-4-1-5-11-16,17-12-6-2-7-13-17)18-14-8-3-9-15-18/h1-15H/q+1. The van der Waals surface area contributed by atoms with E-state index in [2.05, 4.69) is 113 Å². The Morgan fingerprint density at radius 3 is 0.950 bits per heavy atom. The first-order chi connectivity index (χ1) is 9.82.